The predicted molar refractivity (Wildman–Crippen MR) is 58.2 cm³/mol. The van der Waals surface area contributed by atoms with E-state index in [-0.39, 0.29) is 12.0 Å². The highest BCUT2D eigenvalue weighted by atomic mass is 16.5. The Kier molecular flexibility index (Phi) is 4.39. The van der Waals surface area contributed by atoms with E-state index in [4.69, 9.17) is 15.4 Å². The number of carboxylic acids is 2. The number of carbonyl (C=O) groups excluding carboxylic acids is 1. The summed E-state index contributed by atoms with van der Waals surface area (Å²) in [6.45, 7) is 0. The number of amides is 1. The van der Waals surface area contributed by atoms with Gasteiger partial charge in [-0.1, -0.05) is 12.1 Å². The van der Waals surface area contributed by atoms with E-state index in [0.29, 0.717) is 5.56 Å². The number of aliphatic carboxylic acids is 1. The van der Waals surface area contributed by atoms with Crippen LogP contribution in [0, 0.1) is 5.92 Å². The summed E-state index contributed by atoms with van der Waals surface area (Å²) in [6, 6.07) is 5.60. The Morgan fingerprint density at radius 3 is 2.39 bits per heavy atom. The first-order valence-corrected chi connectivity index (χ1v) is 4.94. The number of hydroxylamine groups is 1. The zero-order valence-electron chi connectivity index (χ0n) is 9.16. The van der Waals surface area contributed by atoms with Crippen molar-refractivity contribution in [1.82, 2.24) is 5.48 Å². The molecule has 0 bridgehead atoms. The average molecular weight is 253 g/mol. The number of carbonyl (C=O) groups is 3. The van der Waals surface area contributed by atoms with Crippen LogP contribution in [-0.4, -0.2) is 33.3 Å². The Morgan fingerprint density at radius 1 is 1.22 bits per heavy atom. The van der Waals surface area contributed by atoms with Crippen LogP contribution in [0.1, 0.15) is 15.9 Å². The van der Waals surface area contributed by atoms with Gasteiger partial charge in [0.05, 0.1) is 5.56 Å². The quantitative estimate of drug-likeness (QED) is 0.336. The molecule has 1 rings (SSSR count). The molecule has 4 N–H and O–H groups in total. The summed E-state index contributed by atoms with van der Waals surface area (Å²) in [5.41, 5.74) is 1.65. The lowest BCUT2D eigenvalue weighted by Crippen LogP contribution is -2.34. The molecule has 0 fully saturated rings. The van der Waals surface area contributed by atoms with Gasteiger partial charge in [-0.25, -0.2) is 10.3 Å². The van der Waals surface area contributed by atoms with Crippen LogP contribution in [0.15, 0.2) is 24.3 Å². The number of benzene rings is 1. The molecule has 18 heavy (non-hydrogen) atoms. The Balaban J connectivity index is 2.94. The lowest BCUT2D eigenvalue weighted by atomic mass is 9.97. The zero-order chi connectivity index (χ0) is 13.7. The first-order chi connectivity index (χ1) is 8.45. The molecule has 1 amide bonds. The maximum Gasteiger partial charge on any atom is 0.335 e. The smallest absolute Gasteiger partial charge is 0.335 e. The third-order valence-electron chi connectivity index (χ3n) is 2.34. The van der Waals surface area contributed by atoms with Crippen LogP contribution in [0.5, 0.6) is 0 Å². The molecule has 0 saturated carbocycles. The van der Waals surface area contributed by atoms with E-state index in [9.17, 15) is 14.4 Å². The topological polar surface area (TPSA) is 124 Å². The predicted octanol–water partition coefficient (Wildman–Crippen LogP) is 0.133. The molecular weight excluding hydrogens is 242 g/mol. The van der Waals surface area contributed by atoms with E-state index in [0.717, 1.165) is 0 Å². The highest BCUT2D eigenvalue weighted by molar-refractivity contribution is 5.96. The van der Waals surface area contributed by atoms with E-state index in [1.54, 1.807) is 0 Å². The van der Waals surface area contributed by atoms with Crippen molar-refractivity contribution in [2.75, 3.05) is 0 Å². The van der Waals surface area contributed by atoms with Gasteiger partial charge >= 0.3 is 11.9 Å². The van der Waals surface area contributed by atoms with Crippen molar-refractivity contribution in [3.8, 4) is 0 Å². The molecule has 0 aromatic heterocycles. The van der Waals surface area contributed by atoms with Gasteiger partial charge in [-0.05, 0) is 24.1 Å². The van der Waals surface area contributed by atoms with Gasteiger partial charge in [0.1, 0.15) is 5.92 Å². The minimum atomic E-state index is -1.47. The molecule has 0 radical (unpaired) electrons. The summed E-state index contributed by atoms with van der Waals surface area (Å²) in [4.78, 5) is 32.7. The molecule has 0 spiro atoms. The SMILES string of the molecule is O=C(O)c1cccc(CC(C(=O)O)C(=O)NO)c1. The van der Waals surface area contributed by atoms with Crippen LogP contribution in [0.4, 0.5) is 0 Å². The van der Waals surface area contributed by atoms with Crippen molar-refractivity contribution in [3.63, 3.8) is 0 Å². The molecule has 1 aromatic rings. The highest BCUT2D eigenvalue weighted by Crippen LogP contribution is 2.12. The fourth-order valence-corrected chi connectivity index (χ4v) is 1.44. The van der Waals surface area contributed by atoms with E-state index in [1.165, 1.54) is 29.7 Å². The summed E-state index contributed by atoms with van der Waals surface area (Å²) in [7, 11) is 0. The normalized spacial score (nSPS) is 11.6. The fraction of sp³-hybridized carbons (Fsp3) is 0.182. The fourth-order valence-electron chi connectivity index (χ4n) is 1.44. The molecule has 96 valence electrons. The van der Waals surface area contributed by atoms with Crippen LogP contribution in [0.25, 0.3) is 0 Å². The second kappa shape index (κ2) is 5.78. The monoisotopic (exact) mass is 253 g/mol. The van der Waals surface area contributed by atoms with Crippen LogP contribution in [-0.2, 0) is 16.0 Å². The molecule has 0 saturated heterocycles. The summed E-state index contributed by atoms with van der Waals surface area (Å²) >= 11 is 0. The van der Waals surface area contributed by atoms with Crippen molar-refractivity contribution >= 4 is 17.8 Å². The molecule has 7 nitrogen and oxygen atoms in total. The Morgan fingerprint density at radius 2 is 1.89 bits per heavy atom. The van der Waals surface area contributed by atoms with Crippen LogP contribution >= 0.6 is 0 Å². The van der Waals surface area contributed by atoms with Crippen LogP contribution in [0.2, 0.25) is 0 Å². The van der Waals surface area contributed by atoms with E-state index >= 15 is 0 Å². The molecule has 1 atom stereocenters. The largest absolute Gasteiger partial charge is 0.481 e. The Bertz CT molecular complexity index is 484. The Hall–Kier alpha value is -2.41. The first kappa shape index (κ1) is 13.7. The summed E-state index contributed by atoms with van der Waals surface area (Å²) in [6.07, 6.45) is -0.206. The molecule has 0 aliphatic carbocycles. The third kappa shape index (κ3) is 3.29. The second-order valence-electron chi connectivity index (χ2n) is 3.58. The number of hydrogen-bond donors (Lipinski definition) is 4. The molecule has 0 aliphatic heterocycles. The van der Waals surface area contributed by atoms with Crippen LogP contribution in [0.3, 0.4) is 0 Å². The van der Waals surface area contributed by atoms with E-state index in [1.807, 2.05) is 0 Å². The highest BCUT2D eigenvalue weighted by Gasteiger charge is 2.26. The zero-order valence-corrected chi connectivity index (χ0v) is 9.16. The Labute approximate surface area is 102 Å². The van der Waals surface area contributed by atoms with Crippen molar-refractivity contribution in [2.24, 2.45) is 5.92 Å². The van der Waals surface area contributed by atoms with Crippen molar-refractivity contribution in [2.45, 2.75) is 6.42 Å². The van der Waals surface area contributed by atoms with Gasteiger partial charge in [-0.3, -0.25) is 14.8 Å². The van der Waals surface area contributed by atoms with Gasteiger partial charge in [-0.2, -0.15) is 0 Å². The van der Waals surface area contributed by atoms with Gasteiger partial charge in [0.25, 0.3) is 5.91 Å². The maximum atomic E-state index is 11.1. The lowest BCUT2D eigenvalue weighted by Gasteiger charge is -2.10. The van der Waals surface area contributed by atoms with Gasteiger partial charge in [0, 0.05) is 0 Å². The molecule has 0 aliphatic rings. The maximum absolute atomic E-state index is 11.1. The van der Waals surface area contributed by atoms with E-state index in [2.05, 4.69) is 0 Å². The second-order valence-corrected chi connectivity index (χ2v) is 3.58. The molecule has 7 heteroatoms. The first-order valence-electron chi connectivity index (χ1n) is 4.94. The minimum Gasteiger partial charge on any atom is -0.481 e. The van der Waals surface area contributed by atoms with Crippen molar-refractivity contribution in [3.05, 3.63) is 35.4 Å². The molecular formula is C11H11NO6. The van der Waals surface area contributed by atoms with Crippen molar-refractivity contribution in [1.29, 1.82) is 0 Å². The van der Waals surface area contributed by atoms with Crippen LogP contribution < -0.4 is 5.48 Å². The molecule has 0 heterocycles. The lowest BCUT2D eigenvalue weighted by molar-refractivity contribution is -0.150. The summed E-state index contributed by atoms with van der Waals surface area (Å²) in [5.74, 6) is -5.07. The van der Waals surface area contributed by atoms with Gasteiger partial charge in [0.2, 0.25) is 0 Å². The van der Waals surface area contributed by atoms with E-state index < -0.39 is 23.8 Å². The molecule has 1 aromatic carbocycles. The van der Waals surface area contributed by atoms with Gasteiger partial charge in [-0.15, -0.1) is 0 Å². The molecule has 1 unspecified atom stereocenters. The number of aromatic carboxylic acids is 1. The number of hydrogen-bond acceptors (Lipinski definition) is 4. The summed E-state index contributed by atoms with van der Waals surface area (Å²) < 4.78 is 0. The standard InChI is InChI=1S/C11H11NO6/c13-9(12-18)8(11(16)17)5-6-2-1-3-7(4-6)10(14)15/h1-4,8,18H,5H2,(H,12,13)(H,14,15)(H,16,17). The summed E-state index contributed by atoms with van der Waals surface area (Å²) in [5, 5.41) is 26.0. The number of nitrogens with one attached hydrogen (secondary N) is 1. The van der Waals surface area contributed by atoms with Gasteiger partial charge < -0.3 is 10.2 Å². The minimum absolute atomic E-state index is 0.000968. The van der Waals surface area contributed by atoms with Crippen molar-refractivity contribution < 1.29 is 29.8 Å². The average Bonchev–Trinajstić information content (AvgIpc) is 2.35. The third-order valence-corrected chi connectivity index (χ3v) is 2.34. The number of carboxylic acid groups (broad SMARTS) is 2. The number of rotatable bonds is 5. The van der Waals surface area contributed by atoms with Gasteiger partial charge in [0.15, 0.2) is 0 Å².